The third kappa shape index (κ3) is 16.2. The van der Waals surface area contributed by atoms with Crippen molar-refractivity contribution in [3.8, 4) is 0 Å². The second kappa shape index (κ2) is 8.08. The van der Waals surface area contributed by atoms with Crippen molar-refractivity contribution < 1.29 is 9.37 Å². The molecule has 0 bridgehead atoms. The van der Waals surface area contributed by atoms with Crippen molar-refractivity contribution in [1.29, 1.82) is 0 Å². The Bertz CT molecular complexity index is 553. The number of benzene rings is 1. The van der Waals surface area contributed by atoms with Crippen LogP contribution in [0.2, 0.25) is 0 Å². The molecule has 0 saturated carbocycles. The van der Waals surface area contributed by atoms with E-state index in [9.17, 15) is 4.79 Å². The van der Waals surface area contributed by atoms with Gasteiger partial charge in [0, 0.05) is 0 Å². The molecule has 23 heavy (non-hydrogen) atoms. The predicted octanol–water partition coefficient (Wildman–Crippen LogP) is 5.59. The summed E-state index contributed by atoms with van der Waals surface area (Å²) in [6.45, 7) is 4.00. The van der Waals surface area contributed by atoms with Gasteiger partial charge < -0.3 is 0 Å². The number of nitrogens with zero attached hydrogens (tertiary/aromatic N) is 2. The third-order valence-electron chi connectivity index (χ3n) is 2.17. The van der Waals surface area contributed by atoms with E-state index in [1.54, 1.807) is 4.90 Å². The Morgan fingerprint density at radius 3 is 1.74 bits per heavy atom. The number of carbonyl (C=O) groups excluding carboxylic acids is 1. The van der Waals surface area contributed by atoms with Gasteiger partial charge >= 0.3 is 68.0 Å². The molecule has 1 rings (SSSR count). The van der Waals surface area contributed by atoms with Gasteiger partial charge in [-0.25, -0.2) is 4.79 Å². The Kier molecular flexibility index (Phi) is 8.40. The van der Waals surface area contributed by atoms with Gasteiger partial charge in [0.25, 0.3) is 0 Å². The van der Waals surface area contributed by atoms with E-state index < -0.39 is 9.14 Å². The molecule has 0 aliphatic rings. The Morgan fingerprint density at radius 2 is 1.43 bits per heavy atom. The second-order valence-electron chi connectivity index (χ2n) is 5.21. The van der Waals surface area contributed by atoms with Crippen LogP contribution in [-0.2, 0) is 0 Å². The summed E-state index contributed by atoms with van der Waals surface area (Å²) in [6.07, 6.45) is 1.82. The number of halogens is 6. The minimum atomic E-state index is -5.42. The van der Waals surface area contributed by atoms with Crippen LogP contribution in [0.1, 0.15) is 24.2 Å². The van der Waals surface area contributed by atoms with Gasteiger partial charge in [0.15, 0.2) is 0 Å². The number of amides is 1. The van der Waals surface area contributed by atoms with Gasteiger partial charge in [0.1, 0.15) is 0 Å². The summed E-state index contributed by atoms with van der Waals surface area (Å²) in [5.74, 6) is 0.0318. The van der Waals surface area contributed by atoms with Gasteiger partial charge in [-0.05, 0) is 26.0 Å². The molecule has 0 heterocycles. The molecule has 1 aromatic rings. The van der Waals surface area contributed by atoms with Gasteiger partial charge in [-0.3, -0.25) is 4.58 Å². The Balaban J connectivity index is 0.000000585. The van der Waals surface area contributed by atoms with Crippen LogP contribution in [0.4, 0.5) is 0 Å². The molecular weight excluding hydrogens is 535 g/mol. The summed E-state index contributed by atoms with van der Waals surface area (Å²) in [6, 6.07) is 9.48. The van der Waals surface area contributed by atoms with Crippen LogP contribution in [0.15, 0.2) is 30.3 Å². The van der Waals surface area contributed by atoms with Crippen LogP contribution in [0.5, 0.6) is 0 Å². The Hall–Kier alpha value is 0.918. The van der Waals surface area contributed by atoms with E-state index in [-0.39, 0.29) is 11.9 Å². The summed E-state index contributed by atoms with van der Waals surface area (Å²) in [4.78, 5) is 13.9. The zero-order chi connectivity index (χ0) is 18.5. The molecule has 1 aromatic carbocycles. The molecule has 0 aliphatic carbocycles. The molecule has 0 spiro atoms. The maximum atomic E-state index is 12.2. The zero-order valence-electron chi connectivity index (χ0n) is 13.1. The first-order valence-corrected chi connectivity index (χ1v) is 25.8. The van der Waals surface area contributed by atoms with Gasteiger partial charge in [-0.1, -0.05) is 18.2 Å². The molecule has 0 aromatic heterocycles. The topological polar surface area (TPSA) is 23.3 Å². The van der Waals surface area contributed by atoms with Crippen LogP contribution in [0, 0.1) is 0 Å². The molecule has 3 nitrogen and oxygen atoms in total. The van der Waals surface area contributed by atoms with Crippen LogP contribution in [0.25, 0.3) is 0 Å². The quantitative estimate of drug-likeness (QED) is 0.207. The normalized spacial score (nSPS) is 14.0. The number of hydrogen-bond acceptors (Lipinski definition) is 1. The molecule has 10 heteroatoms. The van der Waals surface area contributed by atoms with Crippen molar-refractivity contribution in [1.82, 2.24) is 4.90 Å². The van der Waals surface area contributed by atoms with E-state index in [1.165, 1.54) is 0 Å². The van der Waals surface area contributed by atoms with E-state index in [4.69, 9.17) is 53.0 Å². The first kappa shape index (κ1) is 23.9. The molecule has 0 saturated heterocycles. The molecule has 0 N–H and O–H groups in total. The molecule has 0 atom stereocenters. The zero-order valence-corrected chi connectivity index (χ0v) is 20.1. The average molecular weight is 554 g/mol. The number of hydrogen-bond donors (Lipinski definition) is 0. The van der Waals surface area contributed by atoms with Crippen molar-refractivity contribution in [3.05, 3.63) is 35.9 Å². The number of carbonyl (C=O) groups is 1. The standard InChI is InChI=1S/C13H19N2O.6ClH.Sb/c1-11(2)15(10-14(3)4)13(16)12-8-6-5-7-9-12;;;;;;;/h5-11H,1-4H3;6*1H;/q+1;;;;;;;+5/p-6. The van der Waals surface area contributed by atoms with Gasteiger partial charge in [0.05, 0.1) is 25.7 Å². The Labute approximate surface area is 157 Å². The summed E-state index contributed by atoms with van der Waals surface area (Å²) in [5.41, 5.74) is 0.717. The molecule has 0 aliphatic heterocycles. The van der Waals surface area contributed by atoms with E-state index in [0.29, 0.717) is 5.56 Å². The van der Waals surface area contributed by atoms with E-state index in [0.717, 1.165) is 0 Å². The van der Waals surface area contributed by atoms with Crippen molar-refractivity contribution in [2.24, 2.45) is 0 Å². The fourth-order valence-corrected chi connectivity index (χ4v) is 1.40. The van der Waals surface area contributed by atoms with Crippen molar-refractivity contribution in [2.45, 2.75) is 19.9 Å². The predicted molar refractivity (Wildman–Crippen MR) is 107 cm³/mol. The molecular formula is C13H19Cl6N2OSb. The Morgan fingerprint density at radius 1 is 1.04 bits per heavy atom. The van der Waals surface area contributed by atoms with Gasteiger partial charge in [0.2, 0.25) is 6.34 Å². The average Bonchev–Trinajstić information content (AvgIpc) is 2.32. The first-order chi connectivity index (χ1) is 9.97. The first-order valence-electron chi connectivity index (χ1n) is 6.43. The maximum absolute atomic E-state index is 12.2. The molecule has 134 valence electrons. The molecule has 0 unspecified atom stereocenters. The summed E-state index contributed by atoms with van der Waals surface area (Å²) in [7, 11) is 28.8. The summed E-state index contributed by atoms with van der Waals surface area (Å²) in [5, 5.41) is 0. The SMILES string of the molecule is CC(C)N(C=[N+](C)C)C(=O)c1ccccc1.[Cl][Sb-]([Cl])([Cl])([Cl])([Cl])[Cl]. The van der Waals surface area contributed by atoms with E-state index >= 15 is 0 Å². The van der Waals surface area contributed by atoms with Gasteiger partial charge in [-0.15, -0.1) is 0 Å². The summed E-state index contributed by atoms with van der Waals surface area (Å²) < 4.78 is 1.88. The van der Waals surface area contributed by atoms with Gasteiger partial charge in [-0.2, -0.15) is 4.90 Å². The van der Waals surface area contributed by atoms with Crippen LogP contribution in [-0.4, -0.2) is 51.0 Å². The minimum absolute atomic E-state index is 0.0318. The monoisotopic (exact) mass is 550 g/mol. The van der Waals surface area contributed by atoms with Crippen molar-refractivity contribution in [2.75, 3.05) is 14.1 Å². The summed E-state index contributed by atoms with van der Waals surface area (Å²) >= 11 is 0. The van der Waals surface area contributed by atoms with Crippen LogP contribution < -0.4 is 0 Å². The molecule has 0 radical (unpaired) electrons. The third-order valence-corrected chi connectivity index (χ3v) is 2.17. The van der Waals surface area contributed by atoms with Crippen molar-refractivity contribution >= 4 is 74.4 Å². The number of rotatable bonds is 3. The van der Waals surface area contributed by atoms with E-state index in [1.807, 2.05) is 69.2 Å². The van der Waals surface area contributed by atoms with Crippen LogP contribution >= 0.6 is 53.0 Å². The second-order valence-corrected chi connectivity index (χ2v) is 62.1. The molecule has 0 fully saturated rings. The fourth-order valence-electron chi connectivity index (χ4n) is 1.40. The fraction of sp³-hybridized carbons (Fsp3) is 0.385. The molecule has 1 amide bonds. The van der Waals surface area contributed by atoms with Crippen molar-refractivity contribution in [3.63, 3.8) is 0 Å². The van der Waals surface area contributed by atoms with Crippen LogP contribution in [0.3, 0.4) is 0 Å². The van der Waals surface area contributed by atoms with E-state index in [2.05, 4.69) is 0 Å².